The number of aliphatic hydroxyl groups excluding tert-OH is 1. The van der Waals surface area contributed by atoms with Crippen LogP contribution in [0.4, 0.5) is 14.5 Å². The number of nitrogens with zero attached hydrogens (tertiary/aromatic N) is 1. The molecule has 1 aromatic carbocycles. The summed E-state index contributed by atoms with van der Waals surface area (Å²) in [5.74, 6) is -0.597. The Balaban J connectivity index is 2.83. The van der Waals surface area contributed by atoms with E-state index in [1.165, 1.54) is 12.1 Å². The van der Waals surface area contributed by atoms with E-state index in [0.29, 0.717) is 37.5 Å². The largest absolute Gasteiger partial charge is 0.396 e. The Morgan fingerprint density at radius 1 is 1.24 bits per heavy atom. The highest BCUT2D eigenvalue weighted by Crippen LogP contribution is 2.25. The van der Waals surface area contributed by atoms with Crippen molar-refractivity contribution < 1.29 is 13.9 Å². The molecule has 0 atom stereocenters. The lowest BCUT2D eigenvalue weighted by molar-refractivity contribution is 0.289. The molecule has 1 aromatic rings. The first-order valence-electron chi connectivity index (χ1n) is 7.54. The Kier molecular flexibility index (Phi) is 7.61. The average molecular weight is 300 g/mol. The monoisotopic (exact) mass is 300 g/mol. The van der Waals surface area contributed by atoms with Crippen LogP contribution in [0.3, 0.4) is 0 Å². The Bertz CT molecular complexity index is 415. The number of benzene rings is 1. The molecular formula is C16H26F2N2O. The summed E-state index contributed by atoms with van der Waals surface area (Å²) < 4.78 is 28.4. The van der Waals surface area contributed by atoms with E-state index in [1.54, 1.807) is 4.90 Å². The van der Waals surface area contributed by atoms with Gasteiger partial charge in [-0.25, -0.2) is 8.78 Å². The van der Waals surface area contributed by atoms with Crippen LogP contribution in [0.5, 0.6) is 0 Å². The van der Waals surface area contributed by atoms with Crippen molar-refractivity contribution in [1.29, 1.82) is 0 Å². The van der Waals surface area contributed by atoms with Gasteiger partial charge in [-0.15, -0.1) is 0 Å². The first kappa shape index (κ1) is 17.9. The number of rotatable bonds is 9. The number of nitrogens with one attached hydrogen (secondary N) is 1. The Hall–Kier alpha value is -1.20. The fourth-order valence-electron chi connectivity index (χ4n) is 2.22. The zero-order valence-electron chi connectivity index (χ0n) is 13.1. The lowest BCUT2D eigenvalue weighted by Gasteiger charge is -2.24. The third-order valence-corrected chi connectivity index (χ3v) is 3.24. The SMILES string of the molecule is CCN(CCCO)c1c(F)cc(CNCC(C)C)cc1F. The van der Waals surface area contributed by atoms with Crippen molar-refractivity contribution in [3.8, 4) is 0 Å². The van der Waals surface area contributed by atoms with E-state index in [-0.39, 0.29) is 12.3 Å². The molecule has 21 heavy (non-hydrogen) atoms. The highest BCUT2D eigenvalue weighted by atomic mass is 19.1. The molecule has 0 aromatic heterocycles. The maximum absolute atomic E-state index is 14.2. The van der Waals surface area contributed by atoms with E-state index < -0.39 is 11.6 Å². The van der Waals surface area contributed by atoms with Gasteiger partial charge >= 0.3 is 0 Å². The van der Waals surface area contributed by atoms with Gasteiger partial charge in [0.05, 0.1) is 0 Å². The minimum atomic E-state index is -0.545. The number of aliphatic hydroxyl groups is 1. The molecule has 120 valence electrons. The summed E-state index contributed by atoms with van der Waals surface area (Å²) in [6.45, 7) is 8.21. The first-order valence-corrected chi connectivity index (χ1v) is 7.54. The molecule has 3 nitrogen and oxygen atoms in total. The highest BCUT2D eigenvalue weighted by molar-refractivity contribution is 5.50. The van der Waals surface area contributed by atoms with Crippen LogP contribution in [0, 0.1) is 17.6 Å². The van der Waals surface area contributed by atoms with Crippen molar-refractivity contribution in [2.75, 3.05) is 31.1 Å². The standard InChI is InChI=1S/C16H26F2N2O/c1-4-20(6-5-7-21)16-14(17)8-13(9-15(16)18)11-19-10-12(2)3/h8-9,12,19,21H,4-7,10-11H2,1-3H3. The van der Waals surface area contributed by atoms with Crippen molar-refractivity contribution in [2.24, 2.45) is 5.92 Å². The summed E-state index contributed by atoms with van der Waals surface area (Å²) in [4.78, 5) is 1.62. The predicted molar refractivity (Wildman–Crippen MR) is 82.5 cm³/mol. The van der Waals surface area contributed by atoms with Gasteiger partial charge in [-0.2, -0.15) is 0 Å². The van der Waals surface area contributed by atoms with Crippen molar-refractivity contribution in [3.05, 3.63) is 29.3 Å². The Morgan fingerprint density at radius 3 is 2.33 bits per heavy atom. The van der Waals surface area contributed by atoms with E-state index in [9.17, 15) is 8.78 Å². The van der Waals surface area contributed by atoms with Crippen LogP contribution in [-0.4, -0.2) is 31.3 Å². The topological polar surface area (TPSA) is 35.5 Å². The second-order valence-corrected chi connectivity index (χ2v) is 5.59. The molecule has 5 heteroatoms. The van der Waals surface area contributed by atoms with Crippen molar-refractivity contribution in [3.63, 3.8) is 0 Å². The maximum atomic E-state index is 14.2. The summed E-state index contributed by atoms with van der Waals surface area (Å²) in [5, 5.41) is 12.0. The molecule has 0 heterocycles. The van der Waals surface area contributed by atoms with Gasteiger partial charge in [0.2, 0.25) is 0 Å². The number of hydrogen-bond donors (Lipinski definition) is 2. The van der Waals surface area contributed by atoms with Gasteiger partial charge in [-0.3, -0.25) is 0 Å². The Labute approximate surface area is 126 Å². The van der Waals surface area contributed by atoms with Crippen LogP contribution in [0.25, 0.3) is 0 Å². The zero-order valence-corrected chi connectivity index (χ0v) is 13.1. The third kappa shape index (κ3) is 5.59. The first-order chi connectivity index (χ1) is 9.99. The van der Waals surface area contributed by atoms with Crippen molar-refractivity contribution in [2.45, 2.75) is 33.7 Å². The average Bonchev–Trinajstić information content (AvgIpc) is 2.41. The third-order valence-electron chi connectivity index (χ3n) is 3.24. The van der Waals surface area contributed by atoms with Crippen LogP contribution in [-0.2, 0) is 6.54 Å². The summed E-state index contributed by atoms with van der Waals surface area (Å²) in [6, 6.07) is 2.76. The van der Waals surface area contributed by atoms with Crippen molar-refractivity contribution in [1.82, 2.24) is 5.32 Å². The number of halogens is 2. The second-order valence-electron chi connectivity index (χ2n) is 5.59. The molecule has 0 fully saturated rings. The summed E-state index contributed by atoms with van der Waals surface area (Å²) >= 11 is 0. The molecule has 1 rings (SSSR count). The maximum Gasteiger partial charge on any atom is 0.149 e. The van der Waals surface area contributed by atoms with Gasteiger partial charge < -0.3 is 15.3 Å². The van der Waals surface area contributed by atoms with Gasteiger partial charge in [0.1, 0.15) is 17.3 Å². The summed E-state index contributed by atoms with van der Waals surface area (Å²) in [7, 11) is 0. The number of anilines is 1. The molecule has 0 bridgehead atoms. The molecule has 0 aliphatic carbocycles. The molecule has 2 N–H and O–H groups in total. The predicted octanol–water partition coefficient (Wildman–Crippen LogP) is 2.92. The molecule has 0 unspecified atom stereocenters. The van der Waals surface area contributed by atoms with Gasteiger partial charge in [-0.05, 0) is 43.5 Å². The molecule has 0 saturated carbocycles. The quantitative estimate of drug-likeness (QED) is 0.736. The van der Waals surface area contributed by atoms with Crippen molar-refractivity contribution >= 4 is 5.69 Å². The fourth-order valence-corrected chi connectivity index (χ4v) is 2.22. The molecule has 0 aliphatic heterocycles. The lowest BCUT2D eigenvalue weighted by Crippen LogP contribution is -2.27. The van der Waals surface area contributed by atoms with Crippen LogP contribution in [0.1, 0.15) is 32.8 Å². The van der Waals surface area contributed by atoms with E-state index in [1.807, 2.05) is 6.92 Å². The normalized spacial score (nSPS) is 11.2. The van der Waals surface area contributed by atoms with Gasteiger partial charge in [0.25, 0.3) is 0 Å². The zero-order chi connectivity index (χ0) is 15.8. The fraction of sp³-hybridized carbons (Fsp3) is 0.625. The molecule has 0 saturated heterocycles. The van der Waals surface area contributed by atoms with Crippen LogP contribution < -0.4 is 10.2 Å². The smallest absolute Gasteiger partial charge is 0.149 e. The van der Waals surface area contributed by atoms with Crippen LogP contribution in [0.15, 0.2) is 12.1 Å². The highest BCUT2D eigenvalue weighted by Gasteiger charge is 2.16. The van der Waals surface area contributed by atoms with E-state index in [4.69, 9.17) is 5.11 Å². The lowest BCUT2D eigenvalue weighted by atomic mass is 10.1. The van der Waals surface area contributed by atoms with Gasteiger partial charge in [0, 0.05) is 26.2 Å². The Morgan fingerprint density at radius 2 is 1.86 bits per heavy atom. The minimum Gasteiger partial charge on any atom is -0.396 e. The molecule has 0 amide bonds. The number of hydrogen-bond acceptors (Lipinski definition) is 3. The van der Waals surface area contributed by atoms with Crippen LogP contribution >= 0.6 is 0 Å². The molecule has 0 radical (unpaired) electrons. The van der Waals surface area contributed by atoms with E-state index in [2.05, 4.69) is 19.2 Å². The molecular weight excluding hydrogens is 274 g/mol. The van der Waals surface area contributed by atoms with Gasteiger partial charge in [-0.1, -0.05) is 13.8 Å². The van der Waals surface area contributed by atoms with Gasteiger partial charge in [0.15, 0.2) is 0 Å². The minimum absolute atomic E-state index is 0.00133. The second kappa shape index (κ2) is 8.95. The summed E-state index contributed by atoms with van der Waals surface area (Å²) in [6.07, 6.45) is 0.490. The van der Waals surface area contributed by atoms with E-state index >= 15 is 0 Å². The molecule has 0 spiro atoms. The van der Waals surface area contributed by atoms with E-state index in [0.717, 1.165) is 6.54 Å². The van der Waals surface area contributed by atoms with Crippen LogP contribution in [0.2, 0.25) is 0 Å². The molecule has 0 aliphatic rings. The summed E-state index contributed by atoms with van der Waals surface area (Å²) in [5.41, 5.74) is 0.603.